The summed E-state index contributed by atoms with van der Waals surface area (Å²) in [6.45, 7) is 9.52. The molecule has 4 rings (SSSR count). The third-order valence-electron chi connectivity index (χ3n) is 8.99. The predicted molar refractivity (Wildman–Crippen MR) is 97.7 cm³/mol. The third kappa shape index (κ3) is 2.50. The van der Waals surface area contributed by atoms with E-state index in [9.17, 15) is 5.11 Å². The highest BCUT2D eigenvalue weighted by Gasteiger charge is 2.60. The third-order valence-corrected chi connectivity index (χ3v) is 8.99. The number of fused-ring (bicyclic) bond motifs is 5. The van der Waals surface area contributed by atoms with Crippen molar-refractivity contribution >= 4 is 0 Å². The molecule has 24 heavy (non-hydrogen) atoms. The van der Waals surface area contributed by atoms with Crippen LogP contribution in [0.25, 0.3) is 0 Å². The molecule has 4 saturated carbocycles. The molecule has 2 heteroatoms. The van der Waals surface area contributed by atoms with Gasteiger partial charge in [-0.05, 0) is 106 Å². The van der Waals surface area contributed by atoms with Crippen molar-refractivity contribution in [2.24, 2.45) is 34.5 Å². The van der Waals surface area contributed by atoms with Gasteiger partial charge >= 0.3 is 0 Å². The fourth-order valence-corrected chi connectivity index (χ4v) is 7.74. The van der Waals surface area contributed by atoms with Crippen LogP contribution in [0, 0.1) is 34.5 Å². The molecule has 0 amide bonds. The number of aliphatic hydroxyl groups is 1. The molecule has 138 valence electrons. The van der Waals surface area contributed by atoms with Gasteiger partial charge in [-0.15, -0.1) is 0 Å². The molecule has 4 aliphatic carbocycles. The van der Waals surface area contributed by atoms with E-state index in [1.165, 1.54) is 44.9 Å². The van der Waals surface area contributed by atoms with Gasteiger partial charge < -0.3 is 9.84 Å². The maximum atomic E-state index is 10.2. The molecule has 0 spiro atoms. The van der Waals surface area contributed by atoms with E-state index < -0.39 is 0 Å². The molecule has 0 radical (unpaired) electrons. The Morgan fingerprint density at radius 1 is 0.875 bits per heavy atom. The Hall–Kier alpha value is -0.0800. The van der Waals surface area contributed by atoms with Crippen LogP contribution in [0.2, 0.25) is 0 Å². The van der Waals surface area contributed by atoms with Crippen molar-refractivity contribution < 1.29 is 9.84 Å². The van der Waals surface area contributed by atoms with Crippen molar-refractivity contribution in [1.82, 2.24) is 0 Å². The summed E-state index contributed by atoms with van der Waals surface area (Å²) in [5.41, 5.74) is 0.920. The van der Waals surface area contributed by atoms with E-state index in [0.29, 0.717) is 23.0 Å². The summed E-state index contributed by atoms with van der Waals surface area (Å²) in [6.07, 6.45) is 12.4. The fraction of sp³-hybridized carbons (Fsp3) is 1.00. The number of ether oxygens (including phenoxy) is 1. The van der Waals surface area contributed by atoms with E-state index >= 15 is 0 Å². The van der Waals surface area contributed by atoms with Gasteiger partial charge in [0.25, 0.3) is 0 Å². The van der Waals surface area contributed by atoms with Gasteiger partial charge in [0.15, 0.2) is 0 Å². The fourth-order valence-electron chi connectivity index (χ4n) is 7.74. The highest BCUT2D eigenvalue weighted by Crippen LogP contribution is 2.66. The average Bonchev–Trinajstić information content (AvgIpc) is 2.84. The maximum absolute atomic E-state index is 10.2. The second-order valence-electron chi connectivity index (χ2n) is 10.4. The lowest BCUT2D eigenvalue weighted by Gasteiger charge is -2.60. The minimum Gasteiger partial charge on any atom is -0.393 e. The smallest absolute Gasteiger partial charge is 0.0635 e. The number of hydrogen-bond donors (Lipinski definition) is 1. The molecule has 1 N–H and O–H groups in total. The van der Waals surface area contributed by atoms with Crippen molar-refractivity contribution in [1.29, 1.82) is 0 Å². The van der Waals surface area contributed by atoms with E-state index in [1.54, 1.807) is 0 Å². The van der Waals surface area contributed by atoms with Gasteiger partial charge in [0.2, 0.25) is 0 Å². The molecular formula is C22H38O2. The minimum absolute atomic E-state index is 0.0243. The van der Waals surface area contributed by atoms with Crippen LogP contribution in [0.3, 0.4) is 0 Å². The summed E-state index contributed by atoms with van der Waals surface area (Å²) >= 11 is 0. The van der Waals surface area contributed by atoms with Crippen LogP contribution in [0.4, 0.5) is 0 Å². The van der Waals surface area contributed by atoms with Gasteiger partial charge in [-0.25, -0.2) is 0 Å². The average molecular weight is 335 g/mol. The first kappa shape index (κ1) is 17.3. The van der Waals surface area contributed by atoms with Crippen LogP contribution in [0.15, 0.2) is 0 Å². The predicted octanol–water partition coefficient (Wildman–Crippen LogP) is 5.18. The van der Waals surface area contributed by atoms with Crippen LogP contribution in [0.1, 0.15) is 85.5 Å². The van der Waals surface area contributed by atoms with E-state index in [0.717, 1.165) is 36.5 Å². The molecule has 4 fully saturated rings. The molecule has 0 aromatic heterocycles. The van der Waals surface area contributed by atoms with Crippen molar-refractivity contribution in [2.45, 2.75) is 104 Å². The zero-order chi connectivity index (χ0) is 17.1. The monoisotopic (exact) mass is 334 g/mol. The second-order valence-corrected chi connectivity index (χ2v) is 10.4. The first-order valence-electron chi connectivity index (χ1n) is 10.7. The first-order chi connectivity index (χ1) is 11.3. The summed E-state index contributed by atoms with van der Waals surface area (Å²) in [4.78, 5) is 0. The summed E-state index contributed by atoms with van der Waals surface area (Å²) in [6, 6.07) is 0. The van der Waals surface area contributed by atoms with Crippen molar-refractivity contribution in [3.8, 4) is 0 Å². The first-order valence-corrected chi connectivity index (χ1v) is 10.7. The van der Waals surface area contributed by atoms with Crippen molar-refractivity contribution in [2.75, 3.05) is 0 Å². The number of rotatable bonds is 2. The van der Waals surface area contributed by atoms with Crippen LogP contribution in [-0.4, -0.2) is 23.4 Å². The number of hydrogen-bond acceptors (Lipinski definition) is 2. The van der Waals surface area contributed by atoms with Crippen molar-refractivity contribution in [3.05, 3.63) is 0 Å². The molecule has 0 heterocycles. The highest BCUT2D eigenvalue weighted by atomic mass is 16.5. The highest BCUT2D eigenvalue weighted by molar-refractivity contribution is 5.09. The molecule has 2 nitrogen and oxygen atoms in total. The lowest BCUT2D eigenvalue weighted by Crippen LogP contribution is -2.54. The van der Waals surface area contributed by atoms with E-state index in [2.05, 4.69) is 27.7 Å². The summed E-state index contributed by atoms with van der Waals surface area (Å²) in [7, 11) is 0. The Morgan fingerprint density at radius 3 is 2.33 bits per heavy atom. The van der Waals surface area contributed by atoms with Gasteiger partial charge in [0, 0.05) is 0 Å². The summed E-state index contributed by atoms with van der Waals surface area (Å²) in [5, 5.41) is 10.2. The Kier molecular flexibility index (Phi) is 4.32. The molecule has 8 atom stereocenters. The van der Waals surface area contributed by atoms with Crippen LogP contribution >= 0.6 is 0 Å². The molecule has 0 bridgehead atoms. The van der Waals surface area contributed by atoms with Gasteiger partial charge in [-0.2, -0.15) is 0 Å². The number of aliphatic hydroxyl groups excluding tert-OH is 1. The largest absolute Gasteiger partial charge is 0.393 e. The van der Waals surface area contributed by atoms with Crippen LogP contribution in [0.5, 0.6) is 0 Å². The molecule has 0 aromatic rings. The van der Waals surface area contributed by atoms with Crippen LogP contribution < -0.4 is 0 Å². The minimum atomic E-state index is -0.0243. The molecule has 4 aliphatic rings. The van der Waals surface area contributed by atoms with E-state index in [4.69, 9.17) is 4.74 Å². The zero-order valence-electron chi connectivity index (χ0n) is 16.3. The molecule has 0 saturated heterocycles. The van der Waals surface area contributed by atoms with Gasteiger partial charge in [0.05, 0.1) is 18.3 Å². The standard InChI is InChI=1S/C22H38O2/c1-14(2)24-20-8-7-18-17-6-5-15-13-16(23)9-11-21(15,3)19(17)10-12-22(18,20)4/h14-20,23H,5-13H2,1-4H3/t15?,16?,17?,18?,19?,20?,21-,22-/m0/s1. The van der Waals surface area contributed by atoms with Gasteiger partial charge in [-0.3, -0.25) is 0 Å². The Labute approximate surface area is 148 Å². The molecular weight excluding hydrogens is 296 g/mol. The molecule has 0 aromatic carbocycles. The Balaban J connectivity index is 1.56. The van der Waals surface area contributed by atoms with Crippen molar-refractivity contribution in [3.63, 3.8) is 0 Å². The van der Waals surface area contributed by atoms with E-state index in [1.807, 2.05) is 0 Å². The SMILES string of the molecule is CC(C)OC1CCC2C3CCC4CC(O)CC[C@]4(C)C3CC[C@]12C. The second kappa shape index (κ2) is 5.98. The topological polar surface area (TPSA) is 29.5 Å². The lowest BCUT2D eigenvalue weighted by molar-refractivity contribution is -0.146. The quantitative estimate of drug-likeness (QED) is 0.753. The van der Waals surface area contributed by atoms with Crippen LogP contribution in [-0.2, 0) is 4.74 Å². The molecule has 6 unspecified atom stereocenters. The van der Waals surface area contributed by atoms with Gasteiger partial charge in [0.1, 0.15) is 0 Å². The summed E-state index contributed by atoms with van der Waals surface area (Å²) in [5.74, 6) is 3.47. The Morgan fingerprint density at radius 2 is 1.58 bits per heavy atom. The Bertz CT molecular complexity index is 475. The zero-order valence-corrected chi connectivity index (χ0v) is 16.3. The maximum Gasteiger partial charge on any atom is 0.0635 e. The lowest BCUT2D eigenvalue weighted by atomic mass is 9.45. The summed E-state index contributed by atoms with van der Waals surface area (Å²) < 4.78 is 6.38. The van der Waals surface area contributed by atoms with Gasteiger partial charge in [-0.1, -0.05) is 13.8 Å². The normalized spacial score (nSPS) is 54.2. The van der Waals surface area contributed by atoms with E-state index in [-0.39, 0.29) is 6.10 Å². The molecule has 0 aliphatic heterocycles.